The minimum atomic E-state index is -0.787. The van der Waals surface area contributed by atoms with Gasteiger partial charge in [0.2, 0.25) is 5.91 Å². The Hall–Kier alpha value is -2.43. The third-order valence-corrected chi connectivity index (χ3v) is 5.94. The maximum Gasteiger partial charge on any atom is 0.356 e. The summed E-state index contributed by atoms with van der Waals surface area (Å²) in [5.41, 5.74) is 6.32. The number of fused-ring (bicyclic) bond motifs is 1. The van der Waals surface area contributed by atoms with Crippen LogP contribution in [0.5, 0.6) is 0 Å². The molecule has 2 aliphatic heterocycles. The van der Waals surface area contributed by atoms with E-state index in [1.54, 1.807) is 6.92 Å². The van der Waals surface area contributed by atoms with E-state index in [0.29, 0.717) is 24.3 Å². The standard InChI is InChI=1S/C18H21N3O6S/c1-10(22)15-13-8-14(28-7-6-19)16(20(13)17(15)23)18(24)27-9-11-2-4-12(5-3-11)21(25)26/h2-5,10,13,15,22H,6-9,19H2,1H3/t10?,13-,15?/m0/s1. The predicted octanol–water partition coefficient (Wildman–Crippen LogP) is 1.15. The molecule has 0 spiro atoms. The lowest BCUT2D eigenvalue weighted by Gasteiger charge is -2.44. The van der Waals surface area contributed by atoms with Crippen molar-refractivity contribution in [2.75, 3.05) is 12.3 Å². The number of non-ortho nitro benzene ring substituents is 1. The molecule has 150 valence electrons. The van der Waals surface area contributed by atoms with Gasteiger partial charge in [0.05, 0.1) is 23.0 Å². The van der Waals surface area contributed by atoms with Gasteiger partial charge in [-0.2, -0.15) is 0 Å². The number of ether oxygens (including phenoxy) is 1. The van der Waals surface area contributed by atoms with Crippen LogP contribution in [0.1, 0.15) is 18.9 Å². The number of nitrogens with zero attached hydrogens (tertiary/aromatic N) is 2. The first-order valence-corrected chi connectivity index (χ1v) is 9.81. The molecule has 2 unspecified atom stereocenters. The number of nitro benzene ring substituents is 1. The second-order valence-electron chi connectivity index (χ2n) is 6.65. The molecule has 0 aromatic heterocycles. The van der Waals surface area contributed by atoms with Gasteiger partial charge in [-0.05, 0) is 24.6 Å². The van der Waals surface area contributed by atoms with Crippen molar-refractivity contribution in [1.82, 2.24) is 4.90 Å². The van der Waals surface area contributed by atoms with Crippen LogP contribution in [0.3, 0.4) is 0 Å². The van der Waals surface area contributed by atoms with Crippen LogP contribution in [0.25, 0.3) is 0 Å². The Balaban J connectivity index is 1.72. The number of aliphatic hydroxyl groups excluding tert-OH is 1. The summed E-state index contributed by atoms with van der Waals surface area (Å²) in [4.78, 5) is 37.5. The Bertz CT molecular complexity index is 823. The van der Waals surface area contributed by atoms with Gasteiger partial charge in [0.1, 0.15) is 12.3 Å². The fourth-order valence-corrected chi connectivity index (χ4v) is 4.43. The van der Waals surface area contributed by atoms with Crippen LogP contribution in [-0.2, 0) is 20.9 Å². The van der Waals surface area contributed by atoms with Crippen molar-refractivity contribution < 1.29 is 24.4 Å². The normalized spacial score (nSPS) is 22.0. The van der Waals surface area contributed by atoms with Gasteiger partial charge in [-0.15, -0.1) is 11.8 Å². The van der Waals surface area contributed by atoms with Crippen LogP contribution in [0.2, 0.25) is 0 Å². The van der Waals surface area contributed by atoms with Crippen LogP contribution in [0.4, 0.5) is 5.69 Å². The quantitative estimate of drug-likeness (QED) is 0.283. The van der Waals surface area contributed by atoms with Crippen LogP contribution in [-0.4, -0.2) is 51.2 Å². The number of benzene rings is 1. The minimum absolute atomic E-state index is 0.0489. The summed E-state index contributed by atoms with van der Waals surface area (Å²) < 4.78 is 5.35. The molecule has 3 N–H and O–H groups in total. The molecule has 0 aliphatic carbocycles. The zero-order valence-corrected chi connectivity index (χ0v) is 16.1. The Kier molecular flexibility index (Phi) is 6.01. The van der Waals surface area contributed by atoms with Gasteiger partial charge in [-0.25, -0.2) is 4.79 Å². The molecular weight excluding hydrogens is 386 g/mol. The minimum Gasteiger partial charge on any atom is -0.456 e. The second-order valence-corrected chi connectivity index (χ2v) is 7.84. The molecule has 10 heteroatoms. The molecule has 0 radical (unpaired) electrons. The molecule has 9 nitrogen and oxygen atoms in total. The van der Waals surface area contributed by atoms with Crippen LogP contribution >= 0.6 is 11.8 Å². The van der Waals surface area contributed by atoms with E-state index in [1.807, 2.05) is 0 Å². The molecular formula is C18H21N3O6S. The summed E-state index contributed by atoms with van der Waals surface area (Å²) in [5.74, 6) is -0.834. The van der Waals surface area contributed by atoms with Gasteiger partial charge < -0.3 is 20.5 Å². The average molecular weight is 407 g/mol. The summed E-state index contributed by atoms with van der Waals surface area (Å²) in [7, 11) is 0. The third kappa shape index (κ3) is 3.75. The van der Waals surface area contributed by atoms with Crippen molar-refractivity contribution in [3.05, 3.63) is 50.5 Å². The molecule has 0 saturated carbocycles. The van der Waals surface area contributed by atoms with E-state index in [4.69, 9.17) is 10.5 Å². The van der Waals surface area contributed by atoms with E-state index in [9.17, 15) is 24.8 Å². The van der Waals surface area contributed by atoms with Gasteiger partial charge >= 0.3 is 5.97 Å². The lowest BCUT2D eigenvalue weighted by Crippen LogP contribution is -2.61. The van der Waals surface area contributed by atoms with Crippen molar-refractivity contribution in [3.8, 4) is 0 Å². The van der Waals surface area contributed by atoms with Crippen LogP contribution in [0, 0.1) is 16.0 Å². The summed E-state index contributed by atoms with van der Waals surface area (Å²) in [6.07, 6.45) is -0.293. The number of carbonyl (C=O) groups is 2. The highest BCUT2D eigenvalue weighted by Gasteiger charge is 2.56. The number of hydrogen-bond donors (Lipinski definition) is 2. The van der Waals surface area contributed by atoms with Gasteiger partial charge in [-0.1, -0.05) is 0 Å². The number of aliphatic hydroxyl groups is 1. The van der Waals surface area contributed by atoms with Crippen molar-refractivity contribution in [3.63, 3.8) is 0 Å². The summed E-state index contributed by atoms with van der Waals surface area (Å²) in [6, 6.07) is 5.46. The molecule has 3 rings (SSSR count). The zero-order chi connectivity index (χ0) is 20.4. The number of thioether (sulfide) groups is 1. The van der Waals surface area contributed by atoms with Crippen molar-refractivity contribution in [1.29, 1.82) is 0 Å². The Morgan fingerprint density at radius 1 is 1.46 bits per heavy atom. The lowest BCUT2D eigenvalue weighted by atomic mass is 9.83. The summed E-state index contributed by atoms with van der Waals surface area (Å²) in [6.45, 7) is 1.93. The van der Waals surface area contributed by atoms with Crippen molar-refractivity contribution >= 4 is 29.3 Å². The summed E-state index contributed by atoms with van der Waals surface area (Å²) >= 11 is 1.41. The van der Waals surface area contributed by atoms with Gasteiger partial charge in [0.15, 0.2) is 0 Å². The number of amides is 1. The molecule has 1 fully saturated rings. The number of carbonyl (C=O) groups excluding carboxylic acids is 2. The number of esters is 1. The maximum atomic E-state index is 12.7. The Morgan fingerprint density at radius 3 is 2.71 bits per heavy atom. The van der Waals surface area contributed by atoms with Crippen LogP contribution < -0.4 is 5.73 Å². The van der Waals surface area contributed by atoms with Gasteiger partial charge in [0, 0.05) is 35.8 Å². The Labute approximate surface area is 165 Å². The first-order valence-electron chi connectivity index (χ1n) is 8.82. The van der Waals surface area contributed by atoms with E-state index in [0.717, 1.165) is 4.91 Å². The fourth-order valence-electron chi connectivity index (χ4n) is 3.46. The fraction of sp³-hybridized carbons (Fsp3) is 0.444. The van der Waals surface area contributed by atoms with E-state index in [1.165, 1.54) is 40.9 Å². The topological polar surface area (TPSA) is 136 Å². The van der Waals surface area contributed by atoms with Gasteiger partial charge in [0.25, 0.3) is 5.69 Å². The number of rotatable bonds is 8. The van der Waals surface area contributed by atoms with E-state index in [-0.39, 0.29) is 29.9 Å². The second kappa shape index (κ2) is 8.29. The average Bonchev–Trinajstić information content (AvgIpc) is 2.98. The van der Waals surface area contributed by atoms with Gasteiger partial charge in [-0.3, -0.25) is 14.9 Å². The zero-order valence-electron chi connectivity index (χ0n) is 15.2. The SMILES string of the molecule is CC(O)C1C(=O)N2C(C(=O)OCc3ccc([N+](=O)[O-])cc3)=C(SCCN)C[C@@H]12. The molecule has 1 amide bonds. The number of nitro groups is 1. The first-order chi connectivity index (χ1) is 13.3. The van der Waals surface area contributed by atoms with Crippen LogP contribution in [0.15, 0.2) is 34.9 Å². The molecule has 2 aliphatic rings. The predicted molar refractivity (Wildman–Crippen MR) is 102 cm³/mol. The summed E-state index contributed by atoms with van der Waals surface area (Å²) in [5, 5.41) is 20.5. The van der Waals surface area contributed by atoms with E-state index in [2.05, 4.69) is 0 Å². The van der Waals surface area contributed by atoms with Crippen molar-refractivity contribution in [2.45, 2.75) is 32.1 Å². The van der Waals surface area contributed by atoms with Crippen molar-refractivity contribution in [2.24, 2.45) is 11.7 Å². The number of β-lactam (4-membered cyclic amide) rings is 1. The number of hydrogen-bond acceptors (Lipinski definition) is 8. The largest absolute Gasteiger partial charge is 0.456 e. The van der Waals surface area contributed by atoms with E-state index < -0.39 is 22.9 Å². The molecule has 2 heterocycles. The van der Waals surface area contributed by atoms with E-state index >= 15 is 0 Å². The third-order valence-electron chi connectivity index (χ3n) is 4.79. The Morgan fingerprint density at radius 2 is 2.14 bits per heavy atom. The highest BCUT2D eigenvalue weighted by atomic mass is 32.2. The molecule has 3 atom stereocenters. The monoisotopic (exact) mass is 407 g/mol. The lowest BCUT2D eigenvalue weighted by molar-refractivity contribution is -0.384. The maximum absolute atomic E-state index is 12.7. The highest BCUT2D eigenvalue weighted by Crippen LogP contribution is 2.47. The smallest absolute Gasteiger partial charge is 0.356 e. The molecule has 1 aromatic carbocycles. The first kappa shape index (κ1) is 20.3. The highest BCUT2D eigenvalue weighted by molar-refractivity contribution is 8.03. The molecule has 28 heavy (non-hydrogen) atoms. The molecule has 1 aromatic rings. The molecule has 0 bridgehead atoms. The number of nitrogens with two attached hydrogens (primary N) is 1. The molecule has 1 saturated heterocycles.